The number of aliphatic hydroxyl groups is 1. The van der Waals surface area contributed by atoms with Gasteiger partial charge in [0.1, 0.15) is 5.03 Å². The molecule has 0 bridgehead atoms. The van der Waals surface area contributed by atoms with Crippen molar-refractivity contribution in [1.29, 1.82) is 0 Å². The van der Waals surface area contributed by atoms with Crippen LogP contribution in [-0.2, 0) is 0 Å². The first-order valence-electron chi connectivity index (χ1n) is 5.78. The van der Waals surface area contributed by atoms with Crippen molar-refractivity contribution in [3.63, 3.8) is 0 Å². The van der Waals surface area contributed by atoms with Crippen LogP contribution in [0.2, 0.25) is 5.02 Å². The van der Waals surface area contributed by atoms with Gasteiger partial charge < -0.3 is 10.0 Å². The zero-order valence-electron chi connectivity index (χ0n) is 10.3. The summed E-state index contributed by atoms with van der Waals surface area (Å²) in [4.78, 5) is 9.98. The molecule has 8 heteroatoms. The summed E-state index contributed by atoms with van der Waals surface area (Å²) in [6, 6.07) is 0. The van der Waals surface area contributed by atoms with E-state index in [4.69, 9.17) is 16.7 Å². The number of rotatable bonds is 3. The van der Waals surface area contributed by atoms with Gasteiger partial charge in [0.15, 0.2) is 0 Å². The summed E-state index contributed by atoms with van der Waals surface area (Å²) >= 11 is 7.28. The Bertz CT molecular complexity index is 464. The number of hydrogen-bond donors (Lipinski definition) is 1. The molecule has 0 radical (unpaired) electrons. The largest absolute Gasteiger partial charge is 0.396 e. The molecule has 0 saturated carbocycles. The summed E-state index contributed by atoms with van der Waals surface area (Å²) in [6.45, 7) is -0.343. The van der Waals surface area contributed by atoms with Crippen molar-refractivity contribution in [3.05, 3.63) is 11.2 Å². The standard InChI is InChI=1S/C11H14ClF2N3OS/c1-19-9-8(12)4-15-10(16-9)17-3-2-11(13,14)7(5-17)6-18/h4,7,18H,2-3,5-6H2,1H3/t7-/m0/s1. The van der Waals surface area contributed by atoms with Crippen LogP contribution < -0.4 is 4.90 Å². The van der Waals surface area contributed by atoms with Gasteiger partial charge in [-0.2, -0.15) is 0 Å². The molecule has 1 aromatic rings. The minimum Gasteiger partial charge on any atom is -0.396 e. The fourth-order valence-corrected chi connectivity index (χ4v) is 2.73. The molecule has 2 rings (SSSR count). The molecule has 106 valence electrons. The maximum atomic E-state index is 13.5. The van der Waals surface area contributed by atoms with E-state index in [0.29, 0.717) is 16.0 Å². The molecule has 0 aliphatic carbocycles. The SMILES string of the molecule is CSc1nc(N2CCC(F)(F)[C@H](CO)C2)ncc1Cl. The quantitative estimate of drug-likeness (QED) is 0.686. The van der Waals surface area contributed by atoms with Crippen molar-refractivity contribution in [2.45, 2.75) is 17.4 Å². The summed E-state index contributed by atoms with van der Waals surface area (Å²) < 4.78 is 27.0. The van der Waals surface area contributed by atoms with Crippen molar-refractivity contribution in [2.75, 3.05) is 30.9 Å². The molecule has 0 spiro atoms. The highest BCUT2D eigenvalue weighted by Crippen LogP contribution is 2.34. The molecular formula is C11H14ClF2N3OS. The molecule has 1 aliphatic rings. The summed E-state index contributed by atoms with van der Waals surface area (Å²) in [7, 11) is 0. The van der Waals surface area contributed by atoms with Gasteiger partial charge in [0.25, 0.3) is 5.92 Å². The number of halogens is 3. The smallest absolute Gasteiger partial charge is 0.256 e. The van der Waals surface area contributed by atoms with Crippen LogP contribution in [-0.4, -0.2) is 46.9 Å². The van der Waals surface area contributed by atoms with E-state index in [1.807, 2.05) is 6.26 Å². The molecule has 19 heavy (non-hydrogen) atoms. The topological polar surface area (TPSA) is 49.2 Å². The second kappa shape index (κ2) is 5.76. The highest BCUT2D eigenvalue weighted by molar-refractivity contribution is 7.98. The average molecular weight is 310 g/mol. The lowest BCUT2D eigenvalue weighted by molar-refractivity contribution is -0.0881. The van der Waals surface area contributed by atoms with E-state index < -0.39 is 18.4 Å². The van der Waals surface area contributed by atoms with Crippen LogP contribution in [0.1, 0.15) is 6.42 Å². The molecule has 1 atom stereocenters. The van der Waals surface area contributed by atoms with Gasteiger partial charge in [0, 0.05) is 19.5 Å². The predicted octanol–water partition coefficient (Wildman–Crippen LogP) is 2.31. The van der Waals surface area contributed by atoms with Crippen LogP contribution in [0, 0.1) is 5.92 Å². The Labute approximate surface area is 119 Å². The second-order valence-electron chi connectivity index (χ2n) is 4.36. The van der Waals surface area contributed by atoms with Gasteiger partial charge in [-0.3, -0.25) is 0 Å². The Morgan fingerprint density at radius 2 is 2.37 bits per heavy atom. The lowest BCUT2D eigenvalue weighted by Crippen LogP contribution is -2.49. The van der Waals surface area contributed by atoms with Gasteiger partial charge in [-0.1, -0.05) is 11.6 Å². The van der Waals surface area contributed by atoms with Gasteiger partial charge >= 0.3 is 0 Å². The average Bonchev–Trinajstić information content (AvgIpc) is 2.39. The number of nitrogens with zero attached hydrogens (tertiary/aromatic N) is 3. The Kier molecular flexibility index (Phi) is 4.47. The second-order valence-corrected chi connectivity index (χ2v) is 5.57. The highest BCUT2D eigenvalue weighted by Gasteiger charge is 2.44. The van der Waals surface area contributed by atoms with E-state index in [9.17, 15) is 8.78 Å². The van der Waals surface area contributed by atoms with Crippen molar-refractivity contribution >= 4 is 29.3 Å². The number of piperidine rings is 1. The molecule has 0 aromatic carbocycles. The lowest BCUT2D eigenvalue weighted by Gasteiger charge is -2.37. The summed E-state index contributed by atoms with van der Waals surface area (Å²) in [5.74, 6) is -3.54. The Hall–Kier alpha value is -0.660. The third-order valence-electron chi connectivity index (χ3n) is 3.15. The number of alkyl halides is 2. The zero-order chi connectivity index (χ0) is 14.0. The van der Waals surface area contributed by atoms with Gasteiger partial charge in [-0.15, -0.1) is 11.8 Å². The summed E-state index contributed by atoms with van der Waals surface area (Å²) in [5.41, 5.74) is 0. The van der Waals surface area contributed by atoms with Crippen LogP contribution in [0.3, 0.4) is 0 Å². The molecule has 1 aromatic heterocycles. The van der Waals surface area contributed by atoms with Crippen molar-refractivity contribution in [3.8, 4) is 0 Å². The highest BCUT2D eigenvalue weighted by atomic mass is 35.5. The fourth-order valence-electron chi connectivity index (χ4n) is 1.99. The van der Waals surface area contributed by atoms with E-state index >= 15 is 0 Å². The van der Waals surface area contributed by atoms with Crippen LogP contribution in [0.25, 0.3) is 0 Å². The van der Waals surface area contributed by atoms with Gasteiger partial charge in [-0.05, 0) is 6.26 Å². The van der Waals surface area contributed by atoms with Crippen LogP contribution in [0.4, 0.5) is 14.7 Å². The summed E-state index contributed by atoms with van der Waals surface area (Å²) in [6.07, 6.45) is 2.99. The van der Waals surface area contributed by atoms with E-state index in [1.54, 1.807) is 4.90 Å². The number of hydrogen-bond acceptors (Lipinski definition) is 5. The monoisotopic (exact) mass is 309 g/mol. The van der Waals surface area contributed by atoms with E-state index in [1.165, 1.54) is 18.0 Å². The molecule has 0 amide bonds. The fraction of sp³-hybridized carbons (Fsp3) is 0.636. The molecular weight excluding hydrogens is 296 g/mol. The maximum absolute atomic E-state index is 13.5. The first-order chi connectivity index (χ1) is 8.97. The number of aliphatic hydroxyl groups excluding tert-OH is 1. The normalized spacial score (nSPS) is 22.6. The third kappa shape index (κ3) is 3.09. The van der Waals surface area contributed by atoms with Gasteiger partial charge in [0.2, 0.25) is 5.95 Å². The maximum Gasteiger partial charge on any atom is 0.256 e. The zero-order valence-corrected chi connectivity index (χ0v) is 11.9. The number of thioether (sulfide) groups is 1. The van der Waals surface area contributed by atoms with Crippen LogP contribution in [0.15, 0.2) is 11.2 Å². The molecule has 2 heterocycles. The first-order valence-corrected chi connectivity index (χ1v) is 7.38. The first kappa shape index (κ1) is 14.7. The number of anilines is 1. The minimum absolute atomic E-state index is 0.0406. The summed E-state index contributed by atoms with van der Waals surface area (Å²) in [5, 5.41) is 10.1. The molecule has 1 fully saturated rings. The van der Waals surface area contributed by atoms with Crippen LogP contribution >= 0.6 is 23.4 Å². The van der Waals surface area contributed by atoms with E-state index in [2.05, 4.69) is 9.97 Å². The molecule has 1 saturated heterocycles. The predicted molar refractivity (Wildman–Crippen MR) is 71.2 cm³/mol. The Balaban J connectivity index is 2.19. The minimum atomic E-state index is -2.83. The number of aromatic nitrogens is 2. The molecule has 0 unspecified atom stereocenters. The van der Waals surface area contributed by atoms with Gasteiger partial charge in [-0.25, -0.2) is 18.7 Å². The molecule has 4 nitrogen and oxygen atoms in total. The van der Waals surface area contributed by atoms with Gasteiger partial charge in [0.05, 0.1) is 23.7 Å². The lowest BCUT2D eigenvalue weighted by atomic mass is 9.94. The van der Waals surface area contributed by atoms with Crippen molar-refractivity contribution in [1.82, 2.24) is 9.97 Å². The third-order valence-corrected chi connectivity index (χ3v) is 4.24. The van der Waals surface area contributed by atoms with Crippen molar-refractivity contribution < 1.29 is 13.9 Å². The molecule has 1 aliphatic heterocycles. The molecule has 1 N–H and O–H groups in total. The van der Waals surface area contributed by atoms with E-state index in [-0.39, 0.29) is 19.5 Å². The van der Waals surface area contributed by atoms with Crippen molar-refractivity contribution in [2.24, 2.45) is 5.92 Å². The Morgan fingerprint density at radius 3 is 3.00 bits per heavy atom. The van der Waals surface area contributed by atoms with E-state index in [0.717, 1.165) is 0 Å². The Morgan fingerprint density at radius 1 is 1.63 bits per heavy atom. The van der Waals surface area contributed by atoms with Crippen LogP contribution in [0.5, 0.6) is 0 Å².